The molecule has 1 rings (SSSR count). The Bertz CT molecular complexity index is 416. The van der Waals surface area contributed by atoms with E-state index in [1.165, 1.54) is 12.1 Å². The highest BCUT2D eigenvalue weighted by Crippen LogP contribution is 2.35. The fourth-order valence-electron chi connectivity index (χ4n) is 1.49. The van der Waals surface area contributed by atoms with Crippen molar-refractivity contribution >= 4 is 17.6 Å². The standard InChI is InChI=1S/C11H10ClF3O2/c12-9-5-2-4-8(11(13,14)15)7(9)3-1-6-10(16)17/h2,4-5H,1,3,6H2,(H,16,17). The fraction of sp³-hybridized carbons (Fsp3) is 0.364. The smallest absolute Gasteiger partial charge is 0.416 e. The number of aliphatic carboxylic acids is 1. The van der Waals surface area contributed by atoms with Crippen LogP contribution >= 0.6 is 11.6 Å². The average Bonchev–Trinajstić information content (AvgIpc) is 2.18. The van der Waals surface area contributed by atoms with E-state index in [9.17, 15) is 18.0 Å². The van der Waals surface area contributed by atoms with Gasteiger partial charge in [0.05, 0.1) is 5.56 Å². The van der Waals surface area contributed by atoms with E-state index in [0.29, 0.717) is 0 Å². The summed E-state index contributed by atoms with van der Waals surface area (Å²) in [4.78, 5) is 10.3. The van der Waals surface area contributed by atoms with Crippen molar-refractivity contribution in [1.82, 2.24) is 0 Å². The van der Waals surface area contributed by atoms with Gasteiger partial charge in [-0.2, -0.15) is 13.2 Å². The maximum Gasteiger partial charge on any atom is 0.416 e. The molecule has 1 aromatic carbocycles. The van der Waals surface area contributed by atoms with E-state index in [1.807, 2.05) is 0 Å². The van der Waals surface area contributed by atoms with Gasteiger partial charge in [-0.05, 0) is 30.5 Å². The maximum absolute atomic E-state index is 12.6. The number of carboxylic acid groups (broad SMARTS) is 1. The van der Waals surface area contributed by atoms with Crippen molar-refractivity contribution in [2.75, 3.05) is 0 Å². The highest BCUT2D eigenvalue weighted by Gasteiger charge is 2.33. The van der Waals surface area contributed by atoms with Gasteiger partial charge in [-0.1, -0.05) is 17.7 Å². The third kappa shape index (κ3) is 3.93. The van der Waals surface area contributed by atoms with Crippen LogP contribution in [0.25, 0.3) is 0 Å². The van der Waals surface area contributed by atoms with Gasteiger partial charge in [0.15, 0.2) is 0 Å². The normalized spacial score (nSPS) is 11.5. The van der Waals surface area contributed by atoms with E-state index in [-0.39, 0.29) is 29.8 Å². The molecule has 94 valence electrons. The van der Waals surface area contributed by atoms with Crippen LogP contribution in [0.5, 0.6) is 0 Å². The molecule has 0 spiro atoms. The second-order valence-electron chi connectivity index (χ2n) is 3.51. The number of carboxylic acids is 1. The SMILES string of the molecule is O=C(O)CCCc1c(Cl)cccc1C(F)(F)F. The molecule has 1 N–H and O–H groups in total. The Morgan fingerprint density at radius 3 is 2.53 bits per heavy atom. The number of halogens is 4. The lowest BCUT2D eigenvalue weighted by Gasteiger charge is -2.13. The summed E-state index contributed by atoms with van der Waals surface area (Å²) in [7, 11) is 0. The number of carbonyl (C=O) groups is 1. The first-order chi connectivity index (χ1) is 7.82. The second-order valence-corrected chi connectivity index (χ2v) is 3.92. The van der Waals surface area contributed by atoms with Crippen LogP contribution in [-0.4, -0.2) is 11.1 Å². The van der Waals surface area contributed by atoms with E-state index >= 15 is 0 Å². The minimum Gasteiger partial charge on any atom is -0.481 e. The number of alkyl halides is 3. The third-order valence-electron chi connectivity index (χ3n) is 2.24. The number of hydrogen-bond acceptors (Lipinski definition) is 1. The Labute approximate surface area is 101 Å². The predicted molar refractivity (Wildman–Crippen MR) is 57.0 cm³/mol. The van der Waals surface area contributed by atoms with E-state index in [4.69, 9.17) is 16.7 Å². The molecule has 0 aliphatic carbocycles. The van der Waals surface area contributed by atoms with E-state index < -0.39 is 17.7 Å². The van der Waals surface area contributed by atoms with Gasteiger partial charge in [-0.15, -0.1) is 0 Å². The monoisotopic (exact) mass is 266 g/mol. The molecular weight excluding hydrogens is 257 g/mol. The highest BCUT2D eigenvalue weighted by molar-refractivity contribution is 6.31. The summed E-state index contributed by atoms with van der Waals surface area (Å²) in [5.74, 6) is -1.04. The average molecular weight is 267 g/mol. The Balaban J connectivity index is 2.92. The minimum atomic E-state index is -4.47. The first-order valence-electron chi connectivity index (χ1n) is 4.88. The van der Waals surface area contributed by atoms with Crippen molar-refractivity contribution in [2.45, 2.75) is 25.4 Å². The summed E-state index contributed by atoms with van der Waals surface area (Å²) < 4.78 is 37.9. The second kappa shape index (κ2) is 5.40. The van der Waals surface area contributed by atoms with Crippen LogP contribution in [0.2, 0.25) is 5.02 Å². The Morgan fingerprint density at radius 2 is 2.00 bits per heavy atom. The van der Waals surface area contributed by atoms with Crippen LogP contribution < -0.4 is 0 Å². The first kappa shape index (κ1) is 13.8. The van der Waals surface area contributed by atoms with Crippen LogP contribution in [-0.2, 0) is 17.4 Å². The molecule has 0 amide bonds. The first-order valence-corrected chi connectivity index (χ1v) is 5.26. The van der Waals surface area contributed by atoms with Crippen LogP contribution in [0.4, 0.5) is 13.2 Å². The van der Waals surface area contributed by atoms with E-state index in [0.717, 1.165) is 6.07 Å². The summed E-state index contributed by atoms with van der Waals surface area (Å²) in [5, 5.41) is 8.45. The zero-order valence-electron chi connectivity index (χ0n) is 8.72. The minimum absolute atomic E-state index is 0.000810. The molecule has 0 saturated carbocycles. The van der Waals surface area contributed by atoms with E-state index in [2.05, 4.69) is 0 Å². The van der Waals surface area contributed by atoms with Gasteiger partial charge in [-0.3, -0.25) is 4.79 Å². The van der Waals surface area contributed by atoms with Gasteiger partial charge >= 0.3 is 12.1 Å². The summed E-state index contributed by atoms with van der Waals surface area (Å²) in [6.07, 6.45) is -4.52. The van der Waals surface area contributed by atoms with E-state index in [1.54, 1.807) is 0 Å². The molecule has 17 heavy (non-hydrogen) atoms. The van der Waals surface area contributed by atoms with Crippen LogP contribution in [0, 0.1) is 0 Å². The van der Waals surface area contributed by atoms with Gasteiger partial charge in [0.2, 0.25) is 0 Å². The predicted octanol–water partition coefficient (Wildman–Crippen LogP) is 3.77. The lowest BCUT2D eigenvalue weighted by molar-refractivity contribution is -0.138. The van der Waals surface area contributed by atoms with Gasteiger partial charge in [0, 0.05) is 11.4 Å². The Hall–Kier alpha value is -1.23. The van der Waals surface area contributed by atoms with Crippen LogP contribution in [0.1, 0.15) is 24.0 Å². The van der Waals surface area contributed by atoms with Crippen molar-refractivity contribution in [1.29, 1.82) is 0 Å². The van der Waals surface area contributed by atoms with Gasteiger partial charge in [0.25, 0.3) is 0 Å². The topological polar surface area (TPSA) is 37.3 Å². The largest absolute Gasteiger partial charge is 0.481 e. The molecule has 0 aliphatic heterocycles. The highest BCUT2D eigenvalue weighted by atomic mass is 35.5. The zero-order valence-corrected chi connectivity index (χ0v) is 9.48. The molecule has 0 fully saturated rings. The van der Waals surface area contributed by atoms with Crippen molar-refractivity contribution in [3.63, 3.8) is 0 Å². The molecule has 0 heterocycles. The molecule has 0 atom stereocenters. The molecule has 0 aliphatic rings. The molecule has 0 radical (unpaired) electrons. The molecule has 0 unspecified atom stereocenters. The molecule has 0 saturated heterocycles. The zero-order chi connectivity index (χ0) is 13.1. The quantitative estimate of drug-likeness (QED) is 0.901. The van der Waals surface area contributed by atoms with Crippen LogP contribution in [0.3, 0.4) is 0 Å². The van der Waals surface area contributed by atoms with Crippen molar-refractivity contribution < 1.29 is 23.1 Å². The Morgan fingerprint density at radius 1 is 1.35 bits per heavy atom. The molecule has 6 heteroatoms. The molecule has 1 aromatic rings. The van der Waals surface area contributed by atoms with Crippen molar-refractivity contribution in [3.05, 3.63) is 34.3 Å². The lowest BCUT2D eigenvalue weighted by Crippen LogP contribution is -2.10. The maximum atomic E-state index is 12.6. The molecule has 0 aromatic heterocycles. The number of rotatable bonds is 4. The summed E-state index contributed by atoms with van der Waals surface area (Å²) in [6, 6.07) is 3.54. The van der Waals surface area contributed by atoms with Crippen molar-refractivity contribution in [3.8, 4) is 0 Å². The number of benzene rings is 1. The summed E-state index contributed by atoms with van der Waals surface area (Å²) >= 11 is 5.70. The van der Waals surface area contributed by atoms with Gasteiger partial charge in [0.1, 0.15) is 0 Å². The fourth-order valence-corrected chi connectivity index (χ4v) is 1.76. The van der Waals surface area contributed by atoms with Gasteiger partial charge in [-0.25, -0.2) is 0 Å². The summed E-state index contributed by atoms with van der Waals surface area (Å²) in [5.41, 5.74) is -0.835. The van der Waals surface area contributed by atoms with Gasteiger partial charge < -0.3 is 5.11 Å². The van der Waals surface area contributed by atoms with Crippen LogP contribution in [0.15, 0.2) is 18.2 Å². The molecule has 0 bridgehead atoms. The lowest BCUT2D eigenvalue weighted by atomic mass is 10.0. The molecule has 2 nitrogen and oxygen atoms in total. The molecular formula is C11H10ClF3O2. The Kier molecular flexibility index (Phi) is 4.40. The third-order valence-corrected chi connectivity index (χ3v) is 2.60. The number of hydrogen-bond donors (Lipinski definition) is 1. The summed E-state index contributed by atoms with van der Waals surface area (Å²) in [6.45, 7) is 0. The van der Waals surface area contributed by atoms with Crippen molar-refractivity contribution in [2.24, 2.45) is 0 Å².